The Labute approximate surface area is 121 Å². The summed E-state index contributed by atoms with van der Waals surface area (Å²) in [6.07, 6.45) is 0. The van der Waals surface area contributed by atoms with Crippen LogP contribution < -0.4 is 10.5 Å². The van der Waals surface area contributed by atoms with Gasteiger partial charge in [0, 0.05) is 27.8 Å². The second-order valence-corrected chi connectivity index (χ2v) is 6.55. The van der Waals surface area contributed by atoms with Crippen LogP contribution in [0.1, 0.15) is 17.0 Å². The molecule has 0 bridgehead atoms. The fraction of sp³-hybridized carbons (Fsp3) is 0.250. The SMILES string of the molecule is Cc1ccc(N)cc1S(=O)CC1COc2ccccc21. The van der Waals surface area contributed by atoms with E-state index in [2.05, 4.69) is 6.07 Å². The maximum Gasteiger partial charge on any atom is 0.122 e. The number of aryl methyl sites for hydroxylation is 1. The van der Waals surface area contributed by atoms with Crippen molar-refractivity contribution >= 4 is 16.5 Å². The van der Waals surface area contributed by atoms with Crippen LogP contribution in [0.2, 0.25) is 0 Å². The van der Waals surface area contributed by atoms with Crippen LogP contribution in [-0.2, 0) is 10.8 Å². The third kappa shape index (κ3) is 2.43. The van der Waals surface area contributed by atoms with E-state index >= 15 is 0 Å². The van der Waals surface area contributed by atoms with E-state index in [0.717, 1.165) is 21.8 Å². The van der Waals surface area contributed by atoms with Crippen LogP contribution >= 0.6 is 0 Å². The number of hydrogen-bond acceptors (Lipinski definition) is 3. The Hall–Kier alpha value is -1.81. The molecule has 0 aromatic heterocycles. The molecule has 20 heavy (non-hydrogen) atoms. The molecule has 2 unspecified atom stereocenters. The van der Waals surface area contributed by atoms with Crippen molar-refractivity contribution in [2.24, 2.45) is 0 Å². The molecule has 3 rings (SSSR count). The lowest BCUT2D eigenvalue weighted by Crippen LogP contribution is -2.12. The number of rotatable bonds is 3. The monoisotopic (exact) mass is 287 g/mol. The zero-order chi connectivity index (χ0) is 14.1. The summed E-state index contributed by atoms with van der Waals surface area (Å²) in [6, 6.07) is 13.5. The first-order valence-corrected chi connectivity index (χ1v) is 7.93. The van der Waals surface area contributed by atoms with Crippen molar-refractivity contribution in [3.05, 3.63) is 53.6 Å². The first-order chi connectivity index (χ1) is 9.65. The molecule has 1 aliphatic rings. The van der Waals surface area contributed by atoms with E-state index in [0.29, 0.717) is 18.0 Å². The van der Waals surface area contributed by atoms with Crippen LogP contribution in [0.25, 0.3) is 0 Å². The number of anilines is 1. The summed E-state index contributed by atoms with van der Waals surface area (Å²) in [6.45, 7) is 2.57. The van der Waals surface area contributed by atoms with E-state index in [1.807, 2.05) is 43.3 Å². The van der Waals surface area contributed by atoms with Crippen molar-refractivity contribution in [3.63, 3.8) is 0 Å². The molecule has 1 heterocycles. The minimum atomic E-state index is -1.06. The molecule has 0 fully saturated rings. The maximum atomic E-state index is 12.6. The topological polar surface area (TPSA) is 52.3 Å². The van der Waals surface area contributed by atoms with Crippen molar-refractivity contribution in [1.29, 1.82) is 0 Å². The summed E-state index contributed by atoms with van der Waals surface area (Å²) in [5, 5.41) is 0. The highest BCUT2D eigenvalue weighted by Gasteiger charge is 2.26. The summed E-state index contributed by atoms with van der Waals surface area (Å²) in [5.41, 5.74) is 8.62. The fourth-order valence-electron chi connectivity index (χ4n) is 2.50. The van der Waals surface area contributed by atoms with Crippen molar-refractivity contribution in [2.45, 2.75) is 17.7 Å². The van der Waals surface area contributed by atoms with Crippen molar-refractivity contribution in [1.82, 2.24) is 0 Å². The Morgan fingerprint density at radius 2 is 2.10 bits per heavy atom. The van der Waals surface area contributed by atoms with Crippen LogP contribution in [0, 0.1) is 6.92 Å². The number of benzene rings is 2. The second kappa shape index (κ2) is 5.29. The summed E-state index contributed by atoms with van der Waals surface area (Å²) in [5.74, 6) is 1.67. The minimum absolute atomic E-state index is 0.188. The smallest absolute Gasteiger partial charge is 0.122 e. The Morgan fingerprint density at radius 1 is 1.30 bits per heavy atom. The molecule has 0 aliphatic carbocycles. The highest BCUT2D eigenvalue weighted by molar-refractivity contribution is 7.85. The van der Waals surface area contributed by atoms with E-state index in [4.69, 9.17) is 10.5 Å². The van der Waals surface area contributed by atoms with Gasteiger partial charge in [0.1, 0.15) is 5.75 Å². The van der Waals surface area contributed by atoms with Crippen LogP contribution in [0.5, 0.6) is 5.75 Å². The molecule has 4 heteroatoms. The summed E-state index contributed by atoms with van der Waals surface area (Å²) in [7, 11) is -1.06. The van der Waals surface area contributed by atoms with Crippen LogP contribution in [0.4, 0.5) is 5.69 Å². The number of hydrogen-bond donors (Lipinski definition) is 1. The quantitative estimate of drug-likeness (QED) is 0.883. The Balaban J connectivity index is 1.82. The van der Waals surface area contributed by atoms with Crippen molar-refractivity contribution < 1.29 is 8.95 Å². The largest absolute Gasteiger partial charge is 0.493 e. The lowest BCUT2D eigenvalue weighted by atomic mass is 10.0. The predicted molar refractivity (Wildman–Crippen MR) is 81.5 cm³/mol. The van der Waals surface area contributed by atoms with Gasteiger partial charge in [-0.25, -0.2) is 0 Å². The predicted octanol–water partition coefficient (Wildman–Crippen LogP) is 2.86. The lowest BCUT2D eigenvalue weighted by molar-refractivity contribution is 0.338. The average Bonchev–Trinajstić information content (AvgIpc) is 2.85. The number of nitrogens with two attached hydrogens (primary N) is 1. The van der Waals surface area contributed by atoms with Gasteiger partial charge in [-0.1, -0.05) is 24.3 Å². The van der Waals surface area contributed by atoms with E-state index in [9.17, 15) is 4.21 Å². The van der Waals surface area contributed by atoms with Gasteiger partial charge in [-0.05, 0) is 30.7 Å². The molecule has 2 aromatic carbocycles. The van der Waals surface area contributed by atoms with Gasteiger partial charge in [-0.2, -0.15) is 0 Å². The van der Waals surface area contributed by atoms with Gasteiger partial charge in [0.25, 0.3) is 0 Å². The summed E-state index contributed by atoms with van der Waals surface area (Å²) >= 11 is 0. The zero-order valence-corrected chi connectivity index (χ0v) is 12.2. The van der Waals surface area contributed by atoms with Crippen LogP contribution in [0.3, 0.4) is 0 Å². The maximum absolute atomic E-state index is 12.6. The minimum Gasteiger partial charge on any atom is -0.493 e. The third-order valence-corrected chi connectivity index (χ3v) is 5.24. The first kappa shape index (κ1) is 13.2. The molecule has 0 radical (unpaired) electrons. The van der Waals surface area contributed by atoms with Crippen LogP contribution in [-0.4, -0.2) is 16.6 Å². The van der Waals surface area contributed by atoms with Gasteiger partial charge in [-0.3, -0.25) is 4.21 Å². The van der Waals surface area contributed by atoms with E-state index in [-0.39, 0.29) is 5.92 Å². The number of fused-ring (bicyclic) bond motifs is 1. The Morgan fingerprint density at radius 3 is 2.95 bits per heavy atom. The normalized spacial score (nSPS) is 18.4. The molecule has 3 nitrogen and oxygen atoms in total. The van der Waals surface area contributed by atoms with Gasteiger partial charge in [0.05, 0.1) is 17.4 Å². The molecule has 2 atom stereocenters. The van der Waals surface area contributed by atoms with E-state index in [1.165, 1.54) is 0 Å². The van der Waals surface area contributed by atoms with Gasteiger partial charge in [0.15, 0.2) is 0 Å². The second-order valence-electron chi connectivity index (χ2n) is 5.08. The Bertz CT molecular complexity index is 669. The molecule has 104 valence electrons. The number of nitrogen functional groups attached to an aromatic ring is 1. The van der Waals surface area contributed by atoms with Gasteiger partial charge >= 0.3 is 0 Å². The van der Waals surface area contributed by atoms with Gasteiger partial charge < -0.3 is 10.5 Å². The first-order valence-electron chi connectivity index (χ1n) is 6.61. The molecular formula is C16H17NO2S. The molecule has 2 aromatic rings. The highest BCUT2D eigenvalue weighted by atomic mass is 32.2. The van der Waals surface area contributed by atoms with Gasteiger partial charge in [-0.15, -0.1) is 0 Å². The zero-order valence-electron chi connectivity index (χ0n) is 11.3. The molecular weight excluding hydrogens is 270 g/mol. The molecule has 2 N–H and O–H groups in total. The van der Waals surface area contributed by atoms with E-state index < -0.39 is 10.8 Å². The van der Waals surface area contributed by atoms with Crippen molar-refractivity contribution in [3.8, 4) is 5.75 Å². The number of para-hydroxylation sites is 1. The molecule has 0 amide bonds. The van der Waals surface area contributed by atoms with Crippen molar-refractivity contribution in [2.75, 3.05) is 18.1 Å². The number of ether oxygens (including phenoxy) is 1. The molecule has 1 aliphatic heterocycles. The highest BCUT2D eigenvalue weighted by Crippen LogP contribution is 2.34. The fourth-order valence-corrected chi connectivity index (χ4v) is 4.02. The standard InChI is InChI=1S/C16H17NO2S/c1-11-6-7-13(17)8-16(11)20(18)10-12-9-19-15-5-3-2-4-14(12)15/h2-8,12H,9-10,17H2,1H3. The lowest BCUT2D eigenvalue weighted by Gasteiger charge is -2.11. The molecule has 0 spiro atoms. The van der Waals surface area contributed by atoms with Gasteiger partial charge in [0.2, 0.25) is 0 Å². The summed E-state index contributed by atoms with van der Waals surface area (Å²) < 4.78 is 18.2. The average molecular weight is 287 g/mol. The van der Waals surface area contributed by atoms with Crippen LogP contribution in [0.15, 0.2) is 47.4 Å². The molecule has 0 saturated heterocycles. The third-order valence-electron chi connectivity index (χ3n) is 3.61. The Kier molecular flexibility index (Phi) is 3.49. The molecule has 0 saturated carbocycles. The summed E-state index contributed by atoms with van der Waals surface area (Å²) in [4.78, 5) is 0.828. The van der Waals surface area contributed by atoms with E-state index in [1.54, 1.807) is 0 Å².